The molecule has 6 heteroatoms. The summed E-state index contributed by atoms with van der Waals surface area (Å²) < 4.78 is 18.4. The van der Waals surface area contributed by atoms with Crippen LogP contribution < -0.4 is 5.32 Å². The highest BCUT2D eigenvalue weighted by Gasteiger charge is 2.58. The molecule has 1 saturated heterocycles. The zero-order chi connectivity index (χ0) is 21.6. The highest BCUT2D eigenvalue weighted by Crippen LogP contribution is 2.62. The first-order chi connectivity index (χ1) is 14.9. The topological polar surface area (TPSA) is 58.6 Å². The highest BCUT2D eigenvalue weighted by molar-refractivity contribution is 5.79. The Kier molecular flexibility index (Phi) is 5.32. The van der Waals surface area contributed by atoms with Crippen molar-refractivity contribution in [2.24, 2.45) is 17.8 Å². The van der Waals surface area contributed by atoms with E-state index in [2.05, 4.69) is 10.2 Å². The molecule has 6 rings (SSSR count). The minimum absolute atomic E-state index is 0.0389. The first-order valence-corrected chi connectivity index (χ1v) is 11.8. The molecule has 4 atom stereocenters. The molecule has 5 nitrogen and oxygen atoms in total. The number of benzene rings is 1. The molecule has 1 heterocycles. The van der Waals surface area contributed by atoms with Gasteiger partial charge >= 0.3 is 5.97 Å². The van der Waals surface area contributed by atoms with Crippen LogP contribution in [0, 0.1) is 23.6 Å². The maximum atomic E-state index is 13.5. The van der Waals surface area contributed by atoms with Crippen molar-refractivity contribution in [3.05, 3.63) is 35.6 Å². The Labute approximate surface area is 183 Å². The van der Waals surface area contributed by atoms with E-state index in [4.69, 9.17) is 4.74 Å². The smallest absolute Gasteiger partial charge is 0.308 e. The minimum Gasteiger partial charge on any atom is -0.469 e. The molecule has 0 aromatic heterocycles. The molecule has 5 fully saturated rings. The molecule has 0 spiro atoms. The van der Waals surface area contributed by atoms with Crippen LogP contribution in [0.1, 0.15) is 56.9 Å². The molecule has 1 N–H and O–H groups in total. The van der Waals surface area contributed by atoms with Crippen LogP contribution in [0.3, 0.4) is 0 Å². The summed E-state index contributed by atoms with van der Waals surface area (Å²) in [6.45, 7) is 1.91. The maximum absolute atomic E-state index is 13.5. The number of carbonyl (C=O) groups excluding carboxylic acids is 2. The van der Waals surface area contributed by atoms with Crippen LogP contribution in [0.15, 0.2) is 24.3 Å². The van der Waals surface area contributed by atoms with Gasteiger partial charge in [0.2, 0.25) is 5.91 Å². The lowest BCUT2D eigenvalue weighted by Gasteiger charge is -2.62. The number of hydrogen-bond donors (Lipinski definition) is 1. The van der Waals surface area contributed by atoms with E-state index in [0.717, 1.165) is 58.0 Å². The number of halogens is 1. The van der Waals surface area contributed by atoms with Crippen LogP contribution in [0.4, 0.5) is 4.39 Å². The number of nitrogens with one attached hydrogen (secondary N) is 1. The van der Waals surface area contributed by atoms with E-state index < -0.39 is 0 Å². The Hall–Kier alpha value is -1.95. The van der Waals surface area contributed by atoms with Gasteiger partial charge in [0.25, 0.3) is 0 Å². The zero-order valence-corrected chi connectivity index (χ0v) is 18.4. The van der Waals surface area contributed by atoms with Gasteiger partial charge in [-0.05, 0) is 99.4 Å². The van der Waals surface area contributed by atoms with Gasteiger partial charge in [0, 0.05) is 5.54 Å². The summed E-state index contributed by atoms with van der Waals surface area (Å²) in [4.78, 5) is 27.0. The van der Waals surface area contributed by atoms with Crippen LogP contribution in [0.2, 0.25) is 0 Å². The second kappa shape index (κ2) is 7.88. The third-order valence-corrected chi connectivity index (χ3v) is 8.41. The Morgan fingerprint density at radius 3 is 2.35 bits per heavy atom. The molecule has 4 aliphatic carbocycles. The summed E-state index contributed by atoms with van der Waals surface area (Å²) in [6.07, 6.45) is 8.20. The van der Waals surface area contributed by atoms with Gasteiger partial charge in [-0.3, -0.25) is 14.5 Å². The summed E-state index contributed by atoms with van der Waals surface area (Å²) >= 11 is 0. The molecule has 1 aliphatic heterocycles. The summed E-state index contributed by atoms with van der Waals surface area (Å²) in [5.41, 5.74) is 1.19. The zero-order valence-electron chi connectivity index (χ0n) is 18.4. The largest absolute Gasteiger partial charge is 0.469 e. The second-order valence-electron chi connectivity index (χ2n) is 10.7. The van der Waals surface area contributed by atoms with Crippen LogP contribution in [0.25, 0.3) is 0 Å². The van der Waals surface area contributed by atoms with E-state index in [9.17, 15) is 14.0 Å². The lowest BCUT2D eigenvalue weighted by Crippen LogP contribution is -2.65. The molecular weight excluding hydrogens is 395 g/mol. The third-order valence-electron chi connectivity index (χ3n) is 8.41. The minimum atomic E-state index is -0.188. The normalized spacial score (nSPS) is 35.2. The van der Waals surface area contributed by atoms with Crippen LogP contribution >= 0.6 is 0 Å². The number of carbonyl (C=O) groups is 2. The van der Waals surface area contributed by atoms with Crippen molar-refractivity contribution in [1.29, 1.82) is 0 Å². The molecular formula is C25H33FN2O3. The molecule has 168 valence electrons. The van der Waals surface area contributed by atoms with Crippen molar-refractivity contribution in [2.45, 2.75) is 62.3 Å². The number of ether oxygens (including phenoxy) is 1. The van der Waals surface area contributed by atoms with Crippen molar-refractivity contribution in [2.75, 3.05) is 26.7 Å². The van der Waals surface area contributed by atoms with E-state index in [1.807, 2.05) is 12.1 Å². The predicted octanol–water partition coefficient (Wildman–Crippen LogP) is 3.42. The van der Waals surface area contributed by atoms with Gasteiger partial charge < -0.3 is 10.1 Å². The number of hydrogen-bond acceptors (Lipinski definition) is 4. The van der Waals surface area contributed by atoms with Crippen LogP contribution in [0.5, 0.6) is 0 Å². The molecule has 2 unspecified atom stereocenters. The molecule has 1 aromatic carbocycles. The average Bonchev–Trinajstić information content (AvgIpc) is 2.72. The number of nitrogens with zero attached hydrogens (tertiary/aromatic N) is 1. The first kappa shape index (κ1) is 20.9. The molecule has 5 aliphatic rings. The molecule has 31 heavy (non-hydrogen) atoms. The van der Waals surface area contributed by atoms with Gasteiger partial charge in [-0.2, -0.15) is 0 Å². The Balaban J connectivity index is 1.25. The lowest BCUT2D eigenvalue weighted by molar-refractivity contribution is -0.147. The van der Waals surface area contributed by atoms with Gasteiger partial charge in [-0.25, -0.2) is 4.39 Å². The van der Waals surface area contributed by atoms with E-state index in [1.54, 1.807) is 12.1 Å². The van der Waals surface area contributed by atoms with Crippen molar-refractivity contribution in [3.8, 4) is 0 Å². The fraction of sp³-hybridized carbons (Fsp3) is 0.680. The summed E-state index contributed by atoms with van der Waals surface area (Å²) in [5, 5.41) is 3.48. The molecule has 1 amide bonds. The maximum Gasteiger partial charge on any atom is 0.308 e. The van der Waals surface area contributed by atoms with Gasteiger partial charge in [-0.1, -0.05) is 12.1 Å². The SMILES string of the molecule is COC(=O)C1CCN(CC(=O)NC23C[C@H]4C[C@@H](C2)CC(c2ccc(F)cc2)(C4)C3)CC1. The lowest BCUT2D eigenvalue weighted by atomic mass is 9.45. The highest BCUT2D eigenvalue weighted by atomic mass is 19.1. The molecule has 0 radical (unpaired) electrons. The van der Waals surface area contributed by atoms with Gasteiger partial charge in [0.1, 0.15) is 5.82 Å². The summed E-state index contributed by atoms with van der Waals surface area (Å²) in [6, 6.07) is 7.08. The third kappa shape index (κ3) is 3.99. The van der Waals surface area contributed by atoms with Gasteiger partial charge in [0.15, 0.2) is 0 Å². The quantitative estimate of drug-likeness (QED) is 0.730. The first-order valence-electron chi connectivity index (χ1n) is 11.8. The van der Waals surface area contributed by atoms with E-state index in [-0.39, 0.29) is 34.6 Å². The Bertz CT molecular complexity index is 833. The average molecular weight is 429 g/mol. The van der Waals surface area contributed by atoms with Gasteiger partial charge in [0.05, 0.1) is 19.6 Å². The van der Waals surface area contributed by atoms with Crippen molar-refractivity contribution in [1.82, 2.24) is 10.2 Å². The monoisotopic (exact) mass is 428 g/mol. The fourth-order valence-corrected chi connectivity index (χ4v) is 7.58. The number of esters is 1. The van der Waals surface area contributed by atoms with E-state index >= 15 is 0 Å². The molecule has 4 bridgehead atoms. The fourth-order valence-electron chi connectivity index (χ4n) is 7.58. The standard InChI is InChI=1S/C25H33FN2O3/c1-31-23(30)19-6-8-28(9-7-19)15-22(29)27-25-13-17-10-18(14-25)12-24(11-17,16-25)20-2-4-21(26)5-3-20/h2-5,17-19H,6-16H2,1H3,(H,27,29)/t17-,18+,24?,25?. The number of piperidine rings is 1. The van der Waals surface area contributed by atoms with Crippen molar-refractivity contribution in [3.63, 3.8) is 0 Å². The van der Waals surface area contributed by atoms with Crippen molar-refractivity contribution >= 4 is 11.9 Å². The number of amides is 1. The van der Waals surface area contributed by atoms with Crippen LogP contribution in [-0.4, -0.2) is 49.1 Å². The number of likely N-dealkylation sites (tertiary alicyclic amines) is 1. The summed E-state index contributed by atoms with van der Waals surface area (Å²) in [5.74, 6) is 1.02. The van der Waals surface area contributed by atoms with Crippen LogP contribution in [-0.2, 0) is 19.7 Å². The Morgan fingerprint density at radius 2 is 1.74 bits per heavy atom. The predicted molar refractivity (Wildman–Crippen MR) is 115 cm³/mol. The van der Waals surface area contributed by atoms with E-state index in [0.29, 0.717) is 18.4 Å². The second-order valence-corrected chi connectivity index (χ2v) is 10.7. The van der Waals surface area contributed by atoms with E-state index in [1.165, 1.54) is 19.1 Å². The van der Waals surface area contributed by atoms with Crippen molar-refractivity contribution < 1.29 is 18.7 Å². The van der Waals surface area contributed by atoms with Gasteiger partial charge in [-0.15, -0.1) is 0 Å². The molecule has 4 saturated carbocycles. The Morgan fingerprint density at radius 1 is 1.10 bits per heavy atom. The number of rotatable bonds is 5. The number of methoxy groups -OCH3 is 1. The summed E-state index contributed by atoms with van der Waals surface area (Å²) in [7, 11) is 1.44. The molecule has 1 aromatic rings.